The molecule has 0 unspecified atom stereocenters. The van der Waals surface area contributed by atoms with Crippen LogP contribution in [0.15, 0.2) is 40.1 Å². The standard InChI is InChI=1S/C26H31N5O3.ClH/c1-17-11-25(33)30-16-21(31-24(32)5-4-22(17)26(30)31)15-29-8-6-19(7-9-29)27-13-20-12-18-3-2-10-34-23(18)14-28-20;/h4-5,11-12,14,19,21,27H,2-3,6-10,13,15-16H2,1H3;1H/t21-;/m1./s1. The lowest BCUT2D eigenvalue weighted by Gasteiger charge is -2.34. The number of nitrogens with zero attached hydrogens (tertiary/aromatic N) is 4. The van der Waals surface area contributed by atoms with E-state index in [0.29, 0.717) is 12.6 Å². The van der Waals surface area contributed by atoms with Gasteiger partial charge in [-0.2, -0.15) is 0 Å². The van der Waals surface area contributed by atoms with Gasteiger partial charge in [-0.1, -0.05) is 0 Å². The molecule has 186 valence electrons. The van der Waals surface area contributed by atoms with Crippen LogP contribution >= 0.6 is 12.4 Å². The maximum atomic E-state index is 12.7. The highest BCUT2D eigenvalue weighted by Crippen LogP contribution is 2.27. The van der Waals surface area contributed by atoms with Crippen molar-refractivity contribution in [3.8, 4) is 5.75 Å². The number of halogens is 1. The molecule has 0 radical (unpaired) electrons. The summed E-state index contributed by atoms with van der Waals surface area (Å²) >= 11 is 0. The molecule has 6 rings (SSSR count). The van der Waals surface area contributed by atoms with Gasteiger partial charge in [0.2, 0.25) is 0 Å². The van der Waals surface area contributed by atoms with Gasteiger partial charge in [0.1, 0.15) is 11.4 Å². The number of hydrogen-bond donors (Lipinski definition) is 1. The third-order valence-corrected chi connectivity index (χ3v) is 7.63. The highest BCUT2D eigenvalue weighted by atomic mass is 35.5. The predicted molar refractivity (Wildman–Crippen MR) is 138 cm³/mol. The minimum atomic E-state index is -0.0201. The first kappa shape index (κ1) is 24.0. The van der Waals surface area contributed by atoms with Crippen LogP contribution < -0.4 is 21.2 Å². The van der Waals surface area contributed by atoms with Crippen molar-refractivity contribution in [1.82, 2.24) is 24.3 Å². The van der Waals surface area contributed by atoms with E-state index in [1.165, 1.54) is 5.56 Å². The first-order valence-electron chi connectivity index (χ1n) is 12.4. The topological polar surface area (TPSA) is 81.4 Å². The lowest BCUT2D eigenvalue weighted by Crippen LogP contribution is -2.44. The summed E-state index contributed by atoms with van der Waals surface area (Å²) in [5.41, 5.74) is 4.01. The van der Waals surface area contributed by atoms with Crippen molar-refractivity contribution in [3.63, 3.8) is 0 Å². The van der Waals surface area contributed by atoms with Gasteiger partial charge in [-0.25, -0.2) is 0 Å². The van der Waals surface area contributed by atoms with E-state index in [4.69, 9.17) is 4.74 Å². The molecule has 3 aromatic rings. The van der Waals surface area contributed by atoms with E-state index in [1.54, 1.807) is 16.7 Å². The first-order chi connectivity index (χ1) is 16.6. The van der Waals surface area contributed by atoms with Crippen LogP contribution in [0.2, 0.25) is 0 Å². The van der Waals surface area contributed by atoms with E-state index >= 15 is 0 Å². The quantitative estimate of drug-likeness (QED) is 0.583. The normalized spacial score (nSPS) is 19.9. The molecule has 0 aromatic carbocycles. The molecule has 6 heterocycles. The van der Waals surface area contributed by atoms with Gasteiger partial charge in [-0.05, 0) is 69.0 Å². The Labute approximate surface area is 210 Å². The second-order valence-corrected chi connectivity index (χ2v) is 9.90. The number of pyridine rings is 3. The third kappa shape index (κ3) is 4.50. The zero-order chi connectivity index (χ0) is 23.2. The Morgan fingerprint density at radius 1 is 1.14 bits per heavy atom. The van der Waals surface area contributed by atoms with Crippen LogP contribution in [0.5, 0.6) is 5.75 Å². The molecule has 3 aliphatic rings. The van der Waals surface area contributed by atoms with E-state index in [0.717, 1.165) is 86.5 Å². The summed E-state index contributed by atoms with van der Waals surface area (Å²) in [5.74, 6) is 0.935. The zero-order valence-corrected chi connectivity index (χ0v) is 20.9. The number of rotatable bonds is 5. The zero-order valence-electron chi connectivity index (χ0n) is 20.0. The van der Waals surface area contributed by atoms with Crippen molar-refractivity contribution in [3.05, 3.63) is 68.0 Å². The molecule has 8 nitrogen and oxygen atoms in total. The summed E-state index contributed by atoms with van der Waals surface area (Å²) in [4.78, 5) is 32.3. The fourth-order valence-corrected chi connectivity index (χ4v) is 5.80. The van der Waals surface area contributed by atoms with Crippen LogP contribution in [0.3, 0.4) is 0 Å². The molecule has 1 N–H and O–H groups in total. The number of piperidine rings is 1. The summed E-state index contributed by atoms with van der Waals surface area (Å²) in [7, 11) is 0. The van der Waals surface area contributed by atoms with Crippen LogP contribution in [-0.4, -0.2) is 51.3 Å². The van der Waals surface area contributed by atoms with E-state index in [-0.39, 0.29) is 29.6 Å². The minimum Gasteiger partial charge on any atom is -0.492 e. The number of nitrogens with one attached hydrogen (secondary N) is 1. The molecule has 1 saturated heterocycles. The summed E-state index contributed by atoms with van der Waals surface area (Å²) in [6, 6.07) is 7.81. The Kier molecular flexibility index (Phi) is 6.70. The Morgan fingerprint density at radius 2 is 1.97 bits per heavy atom. The number of likely N-dealkylation sites (tertiary alicyclic amines) is 1. The van der Waals surface area contributed by atoms with Crippen LogP contribution in [0.1, 0.15) is 42.1 Å². The average molecular weight is 498 g/mol. The second-order valence-electron chi connectivity index (χ2n) is 9.90. The molecule has 0 bridgehead atoms. The summed E-state index contributed by atoms with van der Waals surface area (Å²) in [6.45, 7) is 6.82. The van der Waals surface area contributed by atoms with Crippen molar-refractivity contribution in [2.24, 2.45) is 0 Å². The van der Waals surface area contributed by atoms with Crippen LogP contribution in [0, 0.1) is 6.92 Å². The lowest BCUT2D eigenvalue weighted by molar-refractivity contribution is 0.171. The highest BCUT2D eigenvalue weighted by Gasteiger charge is 2.29. The Bertz CT molecular complexity index is 1360. The first-order valence-corrected chi connectivity index (χ1v) is 12.4. The van der Waals surface area contributed by atoms with E-state index in [9.17, 15) is 9.59 Å². The molecule has 1 atom stereocenters. The van der Waals surface area contributed by atoms with Gasteiger partial charge in [0.15, 0.2) is 0 Å². The van der Waals surface area contributed by atoms with Crippen molar-refractivity contribution in [2.75, 3.05) is 26.2 Å². The molecule has 35 heavy (non-hydrogen) atoms. The number of aryl methyl sites for hydroxylation is 2. The minimum absolute atomic E-state index is 0. The lowest BCUT2D eigenvalue weighted by atomic mass is 10.0. The molecule has 3 aliphatic heterocycles. The smallest absolute Gasteiger partial charge is 0.252 e. The second kappa shape index (κ2) is 9.76. The van der Waals surface area contributed by atoms with Crippen molar-refractivity contribution < 1.29 is 4.74 Å². The molecular weight excluding hydrogens is 466 g/mol. The van der Waals surface area contributed by atoms with E-state index < -0.39 is 0 Å². The average Bonchev–Trinajstić information content (AvgIpc) is 3.23. The molecule has 0 amide bonds. The van der Waals surface area contributed by atoms with Gasteiger partial charge in [0.05, 0.1) is 24.5 Å². The van der Waals surface area contributed by atoms with Crippen LogP contribution in [0.4, 0.5) is 0 Å². The third-order valence-electron chi connectivity index (χ3n) is 7.63. The SMILES string of the molecule is Cc1cc(=O)n2c3c1ccc(=O)n3[C@H](CN1CCC(NCc3cc4c(cn3)OCCC4)CC1)C2.Cl. The van der Waals surface area contributed by atoms with Gasteiger partial charge in [-0.3, -0.25) is 23.7 Å². The van der Waals surface area contributed by atoms with Gasteiger partial charge < -0.3 is 15.0 Å². The summed E-state index contributed by atoms with van der Waals surface area (Å²) in [6.07, 6.45) is 6.13. The van der Waals surface area contributed by atoms with Crippen molar-refractivity contribution in [2.45, 2.75) is 57.8 Å². The summed E-state index contributed by atoms with van der Waals surface area (Å²) in [5, 5.41) is 4.67. The molecule has 3 aromatic heterocycles. The van der Waals surface area contributed by atoms with Gasteiger partial charge in [0, 0.05) is 43.2 Å². The summed E-state index contributed by atoms with van der Waals surface area (Å²) < 4.78 is 9.29. The number of ether oxygens (including phenoxy) is 1. The van der Waals surface area contributed by atoms with Gasteiger partial charge in [0.25, 0.3) is 11.1 Å². The van der Waals surface area contributed by atoms with Crippen LogP contribution in [-0.2, 0) is 19.5 Å². The number of hydrogen-bond acceptors (Lipinski definition) is 6. The van der Waals surface area contributed by atoms with Crippen molar-refractivity contribution in [1.29, 1.82) is 0 Å². The molecule has 0 aliphatic carbocycles. The van der Waals surface area contributed by atoms with E-state index in [2.05, 4.69) is 21.3 Å². The fourth-order valence-electron chi connectivity index (χ4n) is 5.80. The monoisotopic (exact) mass is 497 g/mol. The van der Waals surface area contributed by atoms with Gasteiger partial charge >= 0.3 is 0 Å². The number of fused-ring (bicyclic) bond motifs is 1. The Morgan fingerprint density at radius 3 is 2.80 bits per heavy atom. The molecular formula is C26H32ClN5O3. The molecule has 1 fully saturated rings. The van der Waals surface area contributed by atoms with Crippen LogP contribution in [0.25, 0.3) is 11.0 Å². The van der Waals surface area contributed by atoms with Crippen molar-refractivity contribution >= 4 is 23.4 Å². The maximum absolute atomic E-state index is 12.7. The van der Waals surface area contributed by atoms with E-state index in [1.807, 2.05) is 23.8 Å². The predicted octanol–water partition coefficient (Wildman–Crippen LogP) is 2.42. The largest absolute Gasteiger partial charge is 0.492 e. The molecule has 0 spiro atoms. The molecule has 9 heteroatoms. The Balaban J connectivity index is 0.00000253. The number of aromatic nitrogens is 3. The maximum Gasteiger partial charge on any atom is 0.252 e. The molecule has 0 saturated carbocycles. The Hall–Kier alpha value is -2.68. The fraction of sp³-hybridized carbons (Fsp3) is 0.500. The highest BCUT2D eigenvalue weighted by molar-refractivity contribution is 5.85. The van der Waals surface area contributed by atoms with Gasteiger partial charge in [-0.15, -0.1) is 12.4 Å².